The highest BCUT2D eigenvalue weighted by Crippen LogP contribution is 2.31. The molecular formula is C14H20. The molecule has 2 rings (SSSR count). The van der Waals surface area contributed by atoms with E-state index in [1.807, 2.05) is 0 Å². The van der Waals surface area contributed by atoms with E-state index in [0.29, 0.717) is 0 Å². The second-order valence-electron chi connectivity index (χ2n) is 4.35. The Bertz CT molecular complexity index is 348. The predicted molar refractivity (Wildman–Crippen MR) is 62.0 cm³/mol. The Morgan fingerprint density at radius 3 is 2.43 bits per heavy atom. The molecule has 0 heterocycles. The highest BCUT2D eigenvalue weighted by Gasteiger charge is 2.18. The normalized spacial score (nSPS) is 14.5. The van der Waals surface area contributed by atoms with Gasteiger partial charge in [0, 0.05) is 0 Å². The van der Waals surface area contributed by atoms with Crippen LogP contribution in [-0.2, 0) is 25.7 Å². The Labute approximate surface area is 87.3 Å². The van der Waals surface area contributed by atoms with Crippen LogP contribution in [0.25, 0.3) is 0 Å². The Morgan fingerprint density at radius 2 is 1.79 bits per heavy atom. The van der Waals surface area contributed by atoms with Gasteiger partial charge in [0.05, 0.1) is 0 Å². The molecule has 0 bridgehead atoms. The van der Waals surface area contributed by atoms with Crippen LogP contribution in [0.3, 0.4) is 0 Å². The molecule has 1 aromatic carbocycles. The smallest absolute Gasteiger partial charge is 0.0270 e. The molecule has 0 heteroatoms. The van der Waals surface area contributed by atoms with Gasteiger partial charge in [-0.2, -0.15) is 0 Å². The lowest BCUT2D eigenvalue weighted by Gasteiger charge is -2.14. The van der Waals surface area contributed by atoms with Gasteiger partial charge in [0.25, 0.3) is 0 Å². The van der Waals surface area contributed by atoms with Gasteiger partial charge in [-0.15, -0.1) is 0 Å². The number of rotatable bonds is 2. The lowest BCUT2D eigenvalue weighted by Crippen LogP contribution is -2.00. The maximum atomic E-state index is 2.42. The van der Waals surface area contributed by atoms with Crippen LogP contribution in [-0.4, -0.2) is 0 Å². The first kappa shape index (κ1) is 9.76. The highest BCUT2D eigenvalue weighted by molar-refractivity contribution is 5.48. The third kappa shape index (κ3) is 1.37. The molecule has 0 nitrogen and oxygen atoms in total. The fourth-order valence-corrected chi connectivity index (χ4v) is 2.91. The number of benzene rings is 1. The Morgan fingerprint density at radius 1 is 1.07 bits per heavy atom. The summed E-state index contributed by atoms with van der Waals surface area (Å²) in [4.78, 5) is 0. The fourth-order valence-electron chi connectivity index (χ4n) is 2.91. The number of hydrogen-bond donors (Lipinski definition) is 0. The van der Waals surface area contributed by atoms with Crippen LogP contribution < -0.4 is 0 Å². The second-order valence-corrected chi connectivity index (χ2v) is 4.35. The second kappa shape index (κ2) is 3.76. The minimum absolute atomic E-state index is 1.20. The van der Waals surface area contributed by atoms with E-state index in [1.165, 1.54) is 37.7 Å². The maximum absolute atomic E-state index is 2.42. The average Bonchev–Trinajstić information content (AvgIpc) is 2.65. The van der Waals surface area contributed by atoms with Crippen molar-refractivity contribution >= 4 is 0 Å². The molecule has 76 valence electrons. The summed E-state index contributed by atoms with van der Waals surface area (Å²) in [5.41, 5.74) is 8.14. The molecule has 0 unspecified atom stereocenters. The van der Waals surface area contributed by atoms with E-state index in [1.54, 1.807) is 22.3 Å². The Balaban J connectivity index is 2.61. The molecule has 0 radical (unpaired) electrons. The SMILES string of the molecule is CCc1cc(C)c(CC)c2c1CCC2. The Hall–Kier alpha value is -0.780. The summed E-state index contributed by atoms with van der Waals surface area (Å²) < 4.78 is 0. The van der Waals surface area contributed by atoms with Crippen LogP contribution in [0, 0.1) is 6.92 Å². The van der Waals surface area contributed by atoms with Crippen LogP contribution in [0.4, 0.5) is 0 Å². The van der Waals surface area contributed by atoms with E-state index in [-0.39, 0.29) is 0 Å². The number of fused-ring (bicyclic) bond motifs is 1. The van der Waals surface area contributed by atoms with E-state index < -0.39 is 0 Å². The van der Waals surface area contributed by atoms with Crippen molar-refractivity contribution in [1.29, 1.82) is 0 Å². The van der Waals surface area contributed by atoms with Gasteiger partial charge in [-0.05, 0) is 66.8 Å². The number of aryl methyl sites for hydroxylation is 2. The van der Waals surface area contributed by atoms with Gasteiger partial charge >= 0.3 is 0 Å². The first-order chi connectivity index (χ1) is 6.77. The van der Waals surface area contributed by atoms with E-state index in [9.17, 15) is 0 Å². The highest BCUT2D eigenvalue weighted by atomic mass is 14.2. The summed E-state index contributed by atoms with van der Waals surface area (Å²) in [5.74, 6) is 0. The largest absolute Gasteiger partial charge is 0.0613 e. The quantitative estimate of drug-likeness (QED) is 0.665. The lowest BCUT2D eigenvalue weighted by molar-refractivity contribution is 0.900. The third-order valence-electron chi connectivity index (χ3n) is 3.57. The molecule has 14 heavy (non-hydrogen) atoms. The molecule has 0 aromatic heterocycles. The minimum atomic E-state index is 1.20. The van der Waals surface area contributed by atoms with Crippen molar-refractivity contribution in [3.8, 4) is 0 Å². The minimum Gasteiger partial charge on any atom is -0.0613 e. The van der Waals surface area contributed by atoms with Crippen LogP contribution >= 0.6 is 0 Å². The molecule has 0 saturated carbocycles. The molecule has 0 amide bonds. The van der Waals surface area contributed by atoms with Crippen LogP contribution in [0.1, 0.15) is 48.1 Å². The first-order valence-electron chi connectivity index (χ1n) is 5.91. The maximum Gasteiger partial charge on any atom is -0.0270 e. The summed E-state index contributed by atoms with van der Waals surface area (Å²) in [5, 5.41) is 0. The van der Waals surface area contributed by atoms with Crippen molar-refractivity contribution in [2.75, 3.05) is 0 Å². The molecule has 0 atom stereocenters. The van der Waals surface area contributed by atoms with E-state index in [4.69, 9.17) is 0 Å². The van der Waals surface area contributed by atoms with Crippen LogP contribution in [0.2, 0.25) is 0 Å². The average molecular weight is 188 g/mol. The third-order valence-corrected chi connectivity index (χ3v) is 3.57. The van der Waals surface area contributed by atoms with Gasteiger partial charge < -0.3 is 0 Å². The predicted octanol–water partition coefficient (Wildman–Crippen LogP) is 3.61. The molecule has 0 saturated heterocycles. The van der Waals surface area contributed by atoms with E-state index in [2.05, 4.69) is 26.8 Å². The first-order valence-corrected chi connectivity index (χ1v) is 5.91. The zero-order valence-corrected chi connectivity index (χ0v) is 9.61. The van der Waals surface area contributed by atoms with Gasteiger partial charge in [-0.3, -0.25) is 0 Å². The zero-order chi connectivity index (χ0) is 10.1. The van der Waals surface area contributed by atoms with Crippen LogP contribution in [0.15, 0.2) is 6.07 Å². The molecule has 0 aliphatic heterocycles. The summed E-state index contributed by atoms with van der Waals surface area (Å²) in [6.45, 7) is 6.84. The van der Waals surface area contributed by atoms with Gasteiger partial charge in [0.15, 0.2) is 0 Å². The Kier molecular flexibility index (Phi) is 2.62. The fraction of sp³-hybridized carbons (Fsp3) is 0.571. The van der Waals surface area contributed by atoms with Crippen molar-refractivity contribution in [2.45, 2.75) is 52.9 Å². The van der Waals surface area contributed by atoms with Gasteiger partial charge in [0.1, 0.15) is 0 Å². The summed E-state index contributed by atoms with van der Waals surface area (Å²) in [6, 6.07) is 2.42. The number of hydrogen-bond acceptors (Lipinski definition) is 0. The molecule has 0 spiro atoms. The van der Waals surface area contributed by atoms with E-state index >= 15 is 0 Å². The summed E-state index contributed by atoms with van der Waals surface area (Å²) in [6.07, 6.45) is 6.43. The van der Waals surface area contributed by atoms with Crippen molar-refractivity contribution in [3.05, 3.63) is 33.9 Å². The van der Waals surface area contributed by atoms with Crippen LogP contribution in [0.5, 0.6) is 0 Å². The molecule has 1 aliphatic rings. The zero-order valence-electron chi connectivity index (χ0n) is 9.61. The molecule has 0 N–H and O–H groups in total. The molecule has 1 aliphatic carbocycles. The van der Waals surface area contributed by atoms with Crippen molar-refractivity contribution in [3.63, 3.8) is 0 Å². The van der Waals surface area contributed by atoms with Crippen molar-refractivity contribution < 1.29 is 0 Å². The van der Waals surface area contributed by atoms with Crippen molar-refractivity contribution in [2.24, 2.45) is 0 Å². The molecular weight excluding hydrogens is 168 g/mol. The van der Waals surface area contributed by atoms with Gasteiger partial charge in [-0.1, -0.05) is 19.9 Å². The monoisotopic (exact) mass is 188 g/mol. The van der Waals surface area contributed by atoms with Crippen molar-refractivity contribution in [1.82, 2.24) is 0 Å². The standard InChI is InChI=1S/C14H20/c1-4-11-9-10(3)12(5-2)14-8-6-7-13(11)14/h9H,4-8H2,1-3H3. The van der Waals surface area contributed by atoms with Gasteiger partial charge in [0.2, 0.25) is 0 Å². The molecule has 0 fully saturated rings. The van der Waals surface area contributed by atoms with Gasteiger partial charge in [-0.25, -0.2) is 0 Å². The lowest BCUT2D eigenvalue weighted by atomic mass is 9.91. The molecule has 1 aromatic rings. The topological polar surface area (TPSA) is 0 Å². The summed E-state index contributed by atoms with van der Waals surface area (Å²) >= 11 is 0. The van der Waals surface area contributed by atoms with E-state index in [0.717, 1.165) is 0 Å². The summed E-state index contributed by atoms with van der Waals surface area (Å²) in [7, 11) is 0.